The molecule has 2 N–H and O–H groups in total. The van der Waals surface area contributed by atoms with Gasteiger partial charge >= 0.3 is 5.97 Å². The van der Waals surface area contributed by atoms with Gasteiger partial charge in [-0.25, -0.2) is 0 Å². The molecule has 1 atom stereocenters. The topological polar surface area (TPSA) is 57.5 Å². The molecule has 3 heteroatoms. The van der Waals surface area contributed by atoms with E-state index in [0.29, 0.717) is 6.42 Å². The Bertz CT molecular complexity index is 216. The van der Waals surface area contributed by atoms with E-state index in [1.54, 1.807) is 0 Å². The summed E-state index contributed by atoms with van der Waals surface area (Å²) in [6, 6.07) is 0. The van der Waals surface area contributed by atoms with Gasteiger partial charge in [-0.15, -0.1) is 0 Å². The first kappa shape index (κ1) is 19.4. The third-order valence-electron chi connectivity index (χ3n) is 3.80. The number of hydrogen-bond acceptors (Lipinski definition) is 2. The first-order valence-corrected chi connectivity index (χ1v) is 8.56. The van der Waals surface area contributed by atoms with Gasteiger partial charge in [-0.05, 0) is 6.42 Å². The molecule has 0 rings (SSSR count). The van der Waals surface area contributed by atoms with Crippen LogP contribution >= 0.6 is 0 Å². The number of unbranched alkanes of at least 4 members (excludes halogenated alkanes) is 11. The Morgan fingerprint density at radius 2 is 1.20 bits per heavy atom. The third-order valence-corrected chi connectivity index (χ3v) is 3.80. The van der Waals surface area contributed by atoms with Crippen LogP contribution in [0.25, 0.3) is 0 Å². The van der Waals surface area contributed by atoms with Crippen molar-refractivity contribution in [2.45, 2.75) is 103 Å². The lowest BCUT2D eigenvalue weighted by atomic mass is 10.0. The van der Waals surface area contributed by atoms with Crippen LogP contribution in [0.15, 0.2) is 0 Å². The zero-order valence-corrected chi connectivity index (χ0v) is 13.3. The van der Waals surface area contributed by atoms with Gasteiger partial charge in [0.2, 0.25) is 0 Å². The average Bonchev–Trinajstić information content (AvgIpc) is 2.39. The van der Waals surface area contributed by atoms with Gasteiger partial charge in [-0.2, -0.15) is 0 Å². The molecule has 0 saturated heterocycles. The molecule has 0 aromatic heterocycles. The van der Waals surface area contributed by atoms with Crippen molar-refractivity contribution >= 4 is 5.97 Å². The molecule has 0 heterocycles. The quantitative estimate of drug-likeness (QED) is 0.420. The standard InChI is InChI=1S/C17H34O3/c1-2-3-4-5-6-7-8-9-10-11-12-13-14-16(18)15-17(19)20/h16,18H,2-15H2,1H3,(H,19,20). The summed E-state index contributed by atoms with van der Waals surface area (Å²) in [5.41, 5.74) is 0. The maximum absolute atomic E-state index is 10.4. The molecule has 0 aromatic rings. The van der Waals surface area contributed by atoms with Gasteiger partial charge in [0.1, 0.15) is 0 Å². The summed E-state index contributed by atoms with van der Waals surface area (Å²) in [4.78, 5) is 10.4. The van der Waals surface area contributed by atoms with E-state index in [9.17, 15) is 9.90 Å². The van der Waals surface area contributed by atoms with Crippen LogP contribution in [0.4, 0.5) is 0 Å². The second-order valence-corrected chi connectivity index (χ2v) is 5.93. The molecular formula is C17H34O3. The van der Waals surface area contributed by atoms with Crippen molar-refractivity contribution < 1.29 is 15.0 Å². The number of rotatable bonds is 15. The van der Waals surface area contributed by atoms with Crippen molar-refractivity contribution in [2.75, 3.05) is 0 Å². The number of carboxylic acid groups (broad SMARTS) is 1. The second kappa shape index (κ2) is 14.8. The summed E-state index contributed by atoms with van der Waals surface area (Å²) in [5, 5.41) is 17.9. The van der Waals surface area contributed by atoms with Gasteiger partial charge in [-0.1, -0.05) is 84.0 Å². The maximum Gasteiger partial charge on any atom is 0.305 e. The zero-order chi connectivity index (χ0) is 15.1. The molecule has 1 unspecified atom stereocenters. The summed E-state index contributed by atoms with van der Waals surface area (Å²) in [6.45, 7) is 2.25. The minimum atomic E-state index is -0.906. The maximum atomic E-state index is 10.4. The number of hydrogen-bond donors (Lipinski definition) is 2. The van der Waals surface area contributed by atoms with E-state index in [0.717, 1.165) is 12.8 Å². The predicted molar refractivity (Wildman–Crippen MR) is 84.0 cm³/mol. The molecule has 20 heavy (non-hydrogen) atoms. The van der Waals surface area contributed by atoms with Crippen LogP contribution in [0.2, 0.25) is 0 Å². The lowest BCUT2D eigenvalue weighted by molar-refractivity contribution is -0.139. The minimum absolute atomic E-state index is 0.113. The van der Waals surface area contributed by atoms with E-state index >= 15 is 0 Å². The molecule has 0 aliphatic carbocycles. The van der Waals surface area contributed by atoms with Crippen molar-refractivity contribution in [2.24, 2.45) is 0 Å². The Balaban J connectivity index is 3.08. The molecular weight excluding hydrogens is 252 g/mol. The zero-order valence-electron chi connectivity index (χ0n) is 13.3. The Morgan fingerprint density at radius 3 is 1.60 bits per heavy atom. The van der Waals surface area contributed by atoms with E-state index in [4.69, 9.17) is 5.11 Å². The highest BCUT2D eigenvalue weighted by Gasteiger charge is 2.08. The van der Waals surface area contributed by atoms with E-state index in [1.807, 2.05) is 0 Å². The van der Waals surface area contributed by atoms with Crippen LogP contribution < -0.4 is 0 Å². The summed E-state index contributed by atoms with van der Waals surface area (Å²) < 4.78 is 0. The number of aliphatic hydroxyl groups excluding tert-OH is 1. The third kappa shape index (κ3) is 15.5. The number of aliphatic hydroxyl groups is 1. The van der Waals surface area contributed by atoms with Gasteiger partial charge in [-0.3, -0.25) is 4.79 Å². The van der Waals surface area contributed by atoms with Crippen LogP contribution in [0.5, 0.6) is 0 Å². The molecule has 0 spiro atoms. The van der Waals surface area contributed by atoms with E-state index < -0.39 is 12.1 Å². The Labute approximate surface area is 124 Å². The summed E-state index contributed by atoms with van der Waals surface area (Å²) in [7, 11) is 0. The predicted octanol–water partition coefficient (Wildman–Crippen LogP) is 4.91. The second-order valence-electron chi connectivity index (χ2n) is 5.93. The number of aliphatic carboxylic acids is 1. The molecule has 3 nitrogen and oxygen atoms in total. The van der Waals surface area contributed by atoms with E-state index in [1.165, 1.54) is 64.2 Å². The highest BCUT2D eigenvalue weighted by atomic mass is 16.4. The fraction of sp³-hybridized carbons (Fsp3) is 0.941. The molecule has 0 aliphatic rings. The van der Waals surface area contributed by atoms with Crippen LogP contribution in [0.3, 0.4) is 0 Å². The van der Waals surface area contributed by atoms with Gasteiger partial charge in [0.05, 0.1) is 12.5 Å². The highest BCUT2D eigenvalue weighted by molar-refractivity contribution is 5.67. The molecule has 0 amide bonds. The fourth-order valence-corrected chi connectivity index (χ4v) is 2.52. The molecule has 0 radical (unpaired) electrons. The average molecular weight is 286 g/mol. The first-order valence-electron chi connectivity index (χ1n) is 8.56. The lowest BCUT2D eigenvalue weighted by Gasteiger charge is -2.07. The van der Waals surface area contributed by atoms with Crippen molar-refractivity contribution in [3.63, 3.8) is 0 Å². The monoisotopic (exact) mass is 286 g/mol. The smallest absolute Gasteiger partial charge is 0.305 e. The van der Waals surface area contributed by atoms with Gasteiger partial charge < -0.3 is 10.2 Å². The van der Waals surface area contributed by atoms with E-state index in [2.05, 4.69) is 6.92 Å². The van der Waals surface area contributed by atoms with E-state index in [-0.39, 0.29) is 6.42 Å². The van der Waals surface area contributed by atoms with Crippen LogP contribution in [0, 0.1) is 0 Å². The molecule has 0 aliphatic heterocycles. The SMILES string of the molecule is CCCCCCCCCCCCCCC(O)CC(=O)O. The van der Waals surface area contributed by atoms with Gasteiger partial charge in [0, 0.05) is 0 Å². The van der Waals surface area contributed by atoms with Crippen molar-refractivity contribution in [1.82, 2.24) is 0 Å². The molecule has 120 valence electrons. The normalized spacial score (nSPS) is 12.5. The fourth-order valence-electron chi connectivity index (χ4n) is 2.52. The van der Waals surface area contributed by atoms with Crippen LogP contribution in [0.1, 0.15) is 96.8 Å². The largest absolute Gasteiger partial charge is 0.481 e. The number of carboxylic acids is 1. The molecule has 0 aromatic carbocycles. The lowest BCUT2D eigenvalue weighted by Crippen LogP contribution is -2.12. The number of carbonyl (C=O) groups is 1. The summed E-state index contributed by atoms with van der Waals surface area (Å²) in [5.74, 6) is -0.906. The Kier molecular flexibility index (Phi) is 14.4. The van der Waals surface area contributed by atoms with Crippen LogP contribution in [-0.4, -0.2) is 22.3 Å². The van der Waals surface area contributed by atoms with Crippen molar-refractivity contribution in [3.05, 3.63) is 0 Å². The minimum Gasteiger partial charge on any atom is -0.481 e. The van der Waals surface area contributed by atoms with Gasteiger partial charge in [0.15, 0.2) is 0 Å². The molecule has 0 saturated carbocycles. The molecule has 0 fully saturated rings. The molecule has 0 bridgehead atoms. The van der Waals surface area contributed by atoms with Crippen molar-refractivity contribution in [3.8, 4) is 0 Å². The van der Waals surface area contributed by atoms with Crippen LogP contribution in [-0.2, 0) is 4.79 Å². The van der Waals surface area contributed by atoms with Gasteiger partial charge in [0.25, 0.3) is 0 Å². The summed E-state index contributed by atoms with van der Waals surface area (Å²) >= 11 is 0. The Hall–Kier alpha value is -0.570. The summed E-state index contributed by atoms with van der Waals surface area (Å²) in [6.07, 6.45) is 15.4. The van der Waals surface area contributed by atoms with Crippen molar-refractivity contribution in [1.29, 1.82) is 0 Å². The Morgan fingerprint density at radius 1 is 0.800 bits per heavy atom. The first-order chi connectivity index (χ1) is 9.66. The highest BCUT2D eigenvalue weighted by Crippen LogP contribution is 2.13.